The quantitative estimate of drug-likeness (QED) is 0.502. The van der Waals surface area contributed by atoms with E-state index in [1.165, 1.54) is 4.57 Å². The van der Waals surface area contributed by atoms with Crippen LogP contribution < -0.4 is 11.2 Å². The molecule has 0 N–H and O–H groups in total. The van der Waals surface area contributed by atoms with Crippen LogP contribution in [0.2, 0.25) is 0 Å². The van der Waals surface area contributed by atoms with E-state index < -0.39 is 0 Å². The van der Waals surface area contributed by atoms with Gasteiger partial charge in [-0.05, 0) is 37.0 Å². The maximum absolute atomic E-state index is 13.5. The first-order valence-electron chi connectivity index (χ1n) is 10.6. The number of hydrogen-bond acceptors (Lipinski definition) is 4. The van der Waals surface area contributed by atoms with Gasteiger partial charge in [0.25, 0.3) is 5.56 Å². The Morgan fingerprint density at radius 3 is 2.58 bits per heavy atom. The van der Waals surface area contributed by atoms with Crippen LogP contribution in [0.5, 0.6) is 0 Å². The normalized spacial score (nSPS) is 16.2. The number of para-hydroxylation sites is 1. The predicted octanol–water partition coefficient (Wildman–Crippen LogP) is 2.88. The largest absolute Gasteiger partial charge is 0.376 e. The fraction of sp³-hybridized carbons (Fsp3) is 0.292. The third kappa shape index (κ3) is 3.51. The molecule has 0 amide bonds. The lowest BCUT2D eigenvalue weighted by Gasteiger charge is -2.16. The minimum absolute atomic E-state index is 0.126. The second kappa shape index (κ2) is 8.00. The van der Waals surface area contributed by atoms with E-state index in [1.54, 1.807) is 10.9 Å². The van der Waals surface area contributed by atoms with Gasteiger partial charge in [-0.1, -0.05) is 48.5 Å². The molecule has 0 saturated carbocycles. The number of aryl methyl sites for hydroxylation is 1. The van der Waals surface area contributed by atoms with Crippen molar-refractivity contribution < 1.29 is 4.74 Å². The molecule has 0 unspecified atom stereocenters. The van der Waals surface area contributed by atoms with E-state index in [4.69, 9.17) is 4.74 Å². The van der Waals surface area contributed by atoms with Crippen LogP contribution in [0.25, 0.3) is 16.9 Å². The molecule has 158 valence electrons. The van der Waals surface area contributed by atoms with Gasteiger partial charge in [-0.15, -0.1) is 0 Å². The first-order chi connectivity index (χ1) is 15.1. The highest BCUT2D eigenvalue weighted by atomic mass is 16.5. The number of imidazole rings is 1. The predicted molar refractivity (Wildman–Crippen MR) is 119 cm³/mol. The molecule has 0 radical (unpaired) electrons. The number of rotatable bonds is 5. The molecule has 0 spiro atoms. The molecule has 1 aliphatic heterocycles. The third-order valence-electron chi connectivity index (χ3n) is 5.86. The number of hydrogen-bond donors (Lipinski definition) is 0. The standard InChI is InChI=1S/C24H24N4O3/c1-17-8-5-6-12-20(17)28-22-21(26(16-25-22)14-18-9-3-2-4-10-18)23(29)27(24(28)30)15-19-11-7-13-31-19/h2-6,8-10,12,16,19H,7,11,13-15H2,1H3/t19-/m1/s1. The van der Waals surface area contributed by atoms with Crippen molar-refractivity contribution in [3.05, 3.63) is 92.9 Å². The van der Waals surface area contributed by atoms with E-state index in [0.29, 0.717) is 24.3 Å². The number of aromatic nitrogens is 4. The van der Waals surface area contributed by atoms with Crippen molar-refractivity contribution in [1.82, 2.24) is 18.7 Å². The zero-order chi connectivity index (χ0) is 21.4. The maximum Gasteiger partial charge on any atom is 0.337 e. The number of ether oxygens (including phenoxy) is 1. The summed E-state index contributed by atoms with van der Waals surface area (Å²) in [5.74, 6) is 0. The average Bonchev–Trinajstić information content (AvgIpc) is 3.44. The fourth-order valence-electron chi connectivity index (χ4n) is 4.26. The van der Waals surface area contributed by atoms with Crippen LogP contribution in [0.1, 0.15) is 24.0 Å². The Kier molecular flexibility index (Phi) is 5.03. The smallest absolute Gasteiger partial charge is 0.337 e. The fourth-order valence-corrected chi connectivity index (χ4v) is 4.26. The van der Waals surface area contributed by atoms with Crippen molar-refractivity contribution in [2.24, 2.45) is 0 Å². The molecule has 2 aromatic heterocycles. The van der Waals surface area contributed by atoms with Crippen LogP contribution in [0.4, 0.5) is 0 Å². The van der Waals surface area contributed by atoms with Gasteiger partial charge in [0.1, 0.15) is 0 Å². The lowest BCUT2D eigenvalue weighted by molar-refractivity contribution is 0.0950. The van der Waals surface area contributed by atoms with Crippen molar-refractivity contribution in [3.63, 3.8) is 0 Å². The van der Waals surface area contributed by atoms with Crippen LogP contribution in [0.3, 0.4) is 0 Å². The maximum atomic E-state index is 13.5. The van der Waals surface area contributed by atoms with E-state index in [1.807, 2.05) is 66.1 Å². The lowest BCUT2D eigenvalue weighted by atomic mass is 10.2. The highest BCUT2D eigenvalue weighted by Crippen LogP contribution is 2.18. The molecule has 4 aromatic rings. The van der Waals surface area contributed by atoms with Crippen LogP contribution in [-0.4, -0.2) is 31.4 Å². The number of benzene rings is 2. The lowest BCUT2D eigenvalue weighted by Crippen LogP contribution is -2.42. The second-order valence-corrected chi connectivity index (χ2v) is 7.99. The second-order valence-electron chi connectivity index (χ2n) is 7.99. The molecular formula is C24H24N4O3. The van der Waals surface area contributed by atoms with Gasteiger partial charge >= 0.3 is 5.69 Å². The van der Waals surface area contributed by atoms with E-state index in [9.17, 15) is 9.59 Å². The molecule has 3 heterocycles. The Hall–Kier alpha value is -3.45. The summed E-state index contributed by atoms with van der Waals surface area (Å²) in [5, 5.41) is 0. The Morgan fingerprint density at radius 1 is 1.06 bits per heavy atom. The van der Waals surface area contributed by atoms with Crippen molar-refractivity contribution in [3.8, 4) is 5.69 Å². The first kappa shape index (κ1) is 19.5. The van der Waals surface area contributed by atoms with E-state index in [0.717, 1.165) is 29.7 Å². The zero-order valence-corrected chi connectivity index (χ0v) is 17.4. The van der Waals surface area contributed by atoms with Gasteiger partial charge in [-0.25, -0.2) is 14.3 Å². The molecule has 0 aliphatic carbocycles. The highest BCUT2D eigenvalue weighted by Gasteiger charge is 2.23. The van der Waals surface area contributed by atoms with Gasteiger partial charge in [-0.2, -0.15) is 0 Å². The van der Waals surface area contributed by atoms with Crippen LogP contribution in [0, 0.1) is 6.92 Å². The zero-order valence-electron chi connectivity index (χ0n) is 17.4. The van der Waals surface area contributed by atoms with Gasteiger partial charge in [-0.3, -0.25) is 9.36 Å². The molecular weight excluding hydrogens is 392 g/mol. The topological polar surface area (TPSA) is 71.1 Å². The Morgan fingerprint density at radius 2 is 1.84 bits per heavy atom. The molecule has 0 bridgehead atoms. The van der Waals surface area contributed by atoms with Gasteiger partial charge < -0.3 is 9.30 Å². The molecule has 1 fully saturated rings. The van der Waals surface area contributed by atoms with Gasteiger partial charge in [0.15, 0.2) is 11.2 Å². The van der Waals surface area contributed by atoms with Crippen molar-refractivity contribution in [2.75, 3.05) is 6.61 Å². The molecule has 1 aliphatic rings. The van der Waals surface area contributed by atoms with Crippen LogP contribution in [-0.2, 0) is 17.8 Å². The first-order valence-corrected chi connectivity index (χ1v) is 10.6. The van der Waals surface area contributed by atoms with Gasteiger partial charge in [0.05, 0.1) is 24.7 Å². The number of fused-ring (bicyclic) bond motifs is 1. The van der Waals surface area contributed by atoms with Crippen LogP contribution in [0.15, 0.2) is 70.5 Å². The minimum Gasteiger partial charge on any atom is -0.376 e. The summed E-state index contributed by atoms with van der Waals surface area (Å²) in [6.07, 6.45) is 3.31. The molecule has 7 heteroatoms. The van der Waals surface area contributed by atoms with E-state index in [-0.39, 0.29) is 23.9 Å². The SMILES string of the molecule is Cc1ccccc1-n1c(=O)n(C[C@H]2CCCO2)c(=O)c2c1ncn2Cc1ccccc1. The molecule has 5 rings (SSSR count). The van der Waals surface area contributed by atoms with Gasteiger partial charge in [0.2, 0.25) is 0 Å². The Labute approximate surface area is 179 Å². The summed E-state index contributed by atoms with van der Waals surface area (Å²) < 4.78 is 10.4. The number of nitrogens with zero attached hydrogens (tertiary/aromatic N) is 4. The monoisotopic (exact) mass is 416 g/mol. The Bertz CT molecular complexity index is 1350. The van der Waals surface area contributed by atoms with Crippen LogP contribution >= 0.6 is 0 Å². The van der Waals surface area contributed by atoms with Crippen molar-refractivity contribution in [1.29, 1.82) is 0 Å². The van der Waals surface area contributed by atoms with Crippen molar-refractivity contribution in [2.45, 2.75) is 39.0 Å². The summed E-state index contributed by atoms with van der Waals surface area (Å²) in [7, 11) is 0. The van der Waals surface area contributed by atoms with E-state index >= 15 is 0 Å². The summed E-state index contributed by atoms with van der Waals surface area (Å²) in [6, 6.07) is 17.6. The summed E-state index contributed by atoms with van der Waals surface area (Å²) >= 11 is 0. The summed E-state index contributed by atoms with van der Waals surface area (Å²) in [4.78, 5) is 31.6. The van der Waals surface area contributed by atoms with Crippen molar-refractivity contribution >= 4 is 11.2 Å². The van der Waals surface area contributed by atoms with E-state index in [2.05, 4.69) is 4.98 Å². The molecule has 1 saturated heterocycles. The average molecular weight is 416 g/mol. The molecule has 1 atom stereocenters. The highest BCUT2D eigenvalue weighted by molar-refractivity contribution is 5.73. The molecule has 2 aromatic carbocycles. The van der Waals surface area contributed by atoms with Gasteiger partial charge in [0, 0.05) is 13.2 Å². The minimum atomic E-state index is -0.382. The summed E-state index contributed by atoms with van der Waals surface area (Å²) in [5.41, 5.74) is 2.81. The summed E-state index contributed by atoms with van der Waals surface area (Å²) in [6.45, 7) is 3.36. The third-order valence-corrected chi connectivity index (χ3v) is 5.86. The molecule has 31 heavy (non-hydrogen) atoms. The Balaban J connectivity index is 1.75. The molecule has 7 nitrogen and oxygen atoms in total.